The van der Waals surface area contributed by atoms with Crippen LogP contribution in [0.25, 0.3) is 0 Å². The van der Waals surface area contributed by atoms with Crippen molar-refractivity contribution in [2.24, 2.45) is 11.8 Å². The number of likely N-dealkylation sites (N-methyl/N-ethyl adjacent to an activating group) is 1. The summed E-state index contributed by atoms with van der Waals surface area (Å²) in [5.74, 6) is 0.399. The van der Waals surface area contributed by atoms with Gasteiger partial charge in [0.25, 0.3) is 0 Å². The summed E-state index contributed by atoms with van der Waals surface area (Å²) in [5, 5.41) is 15.5. The van der Waals surface area contributed by atoms with Crippen molar-refractivity contribution in [3.63, 3.8) is 0 Å². The van der Waals surface area contributed by atoms with Crippen molar-refractivity contribution in [2.75, 3.05) is 40.4 Å². The second kappa shape index (κ2) is 14.0. The van der Waals surface area contributed by atoms with E-state index in [1.54, 1.807) is 19.2 Å². The van der Waals surface area contributed by atoms with E-state index in [1.807, 2.05) is 7.05 Å². The third kappa shape index (κ3) is 8.61. The molecule has 0 radical (unpaired) electrons. The van der Waals surface area contributed by atoms with E-state index in [2.05, 4.69) is 15.0 Å². The minimum atomic E-state index is -4.77. The highest BCUT2D eigenvalue weighted by molar-refractivity contribution is 5.33. The zero-order chi connectivity index (χ0) is 26.0. The van der Waals surface area contributed by atoms with E-state index in [0.29, 0.717) is 24.6 Å². The second-order valence-electron chi connectivity index (χ2n) is 10.7. The fourth-order valence-electron chi connectivity index (χ4n) is 6.32. The van der Waals surface area contributed by atoms with E-state index in [-0.39, 0.29) is 11.7 Å². The zero-order valence-electron chi connectivity index (χ0n) is 22.0. The molecule has 8 heteroatoms. The van der Waals surface area contributed by atoms with Gasteiger partial charge in [-0.25, -0.2) is 0 Å². The van der Waals surface area contributed by atoms with Crippen LogP contribution in [-0.4, -0.2) is 62.8 Å². The summed E-state index contributed by atoms with van der Waals surface area (Å²) in [6.07, 6.45) is 6.77. The van der Waals surface area contributed by atoms with Crippen LogP contribution in [0.3, 0.4) is 0 Å². The molecule has 0 aromatic heterocycles. The SMILES string of the molecule is CNCC(CC1CCCCC1)N1CCCC(C(O)(CCCCOC)c2cccc(OC(F)(F)F)c2)C1. The van der Waals surface area contributed by atoms with Crippen molar-refractivity contribution in [1.29, 1.82) is 0 Å². The van der Waals surface area contributed by atoms with Gasteiger partial charge in [0, 0.05) is 38.8 Å². The van der Waals surface area contributed by atoms with E-state index in [0.717, 1.165) is 57.7 Å². The fraction of sp³-hybridized carbons (Fsp3) is 0.786. The van der Waals surface area contributed by atoms with Crippen molar-refractivity contribution < 1.29 is 27.8 Å². The number of hydrogen-bond acceptors (Lipinski definition) is 5. The molecule has 1 aliphatic carbocycles. The molecule has 2 N–H and O–H groups in total. The maximum absolute atomic E-state index is 12.9. The van der Waals surface area contributed by atoms with E-state index >= 15 is 0 Å². The molecular weight excluding hydrogens is 469 g/mol. The Hall–Kier alpha value is -1.35. The Kier molecular flexibility index (Phi) is 11.3. The van der Waals surface area contributed by atoms with Gasteiger partial charge in [0.15, 0.2) is 0 Å². The lowest BCUT2D eigenvalue weighted by molar-refractivity contribution is -0.274. The number of nitrogens with one attached hydrogen (secondary N) is 1. The molecule has 36 heavy (non-hydrogen) atoms. The molecule has 3 atom stereocenters. The van der Waals surface area contributed by atoms with Gasteiger partial charge in [0.2, 0.25) is 0 Å². The number of benzene rings is 1. The number of halogens is 3. The first-order valence-electron chi connectivity index (χ1n) is 13.7. The van der Waals surface area contributed by atoms with Gasteiger partial charge in [0.1, 0.15) is 5.75 Å². The lowest BCUT2D eigenvalue weighted by atomic mass is 9.73. The van der Waals surface area contributed by atoms with Crippen LogP contribution in [0.5, 0.6) is 5.75 Å². The molecule has 3 unspecified atom stereocenters. The molecule has 206 valence electrons. The lowest BCUT2D eigenvalue weighted by Crippen LogP contribution is -2.52. The number of aliphatic hydroxyl groups is 1. The number of piperidine rings is 1. The van der Waals surface area contributed by atoms with Crippen LogP contribution in [0, 0.1) is 11.8 Å². The molecule has 1 aromatic rings. The van der Waals surface area contributed by atoms with E-state index < -0.39 is 12.0 Å². The number of alkyl halides is 3. The van der Waals surface area contributed by atoms with Gasteiger partial charge in [-0.05, 0) is 75.7 Å². The molecule has 1 aromatic carbocycles. The standard InChI is InChI=1S/C28H45F3N2O3/c1-32-20-25(18-22-10-4-3-5-11-22)33-16-9-13-24(21-33)27(34,15-6-7-17-35-2)23-12-8-14-26(19-23)36-28(29,30)31/h8,12,14,19,22,24-25,32,34H,3-7,9-11,13,15-18,20-21H2,1-2H3. The average Bonchev–Trinajstić information content (AvgIpc) is 2.86. The van der Waals surface area contributed by atoms with Crippen molar-refractivity contribution in [3.8, 4) is 5.75 Å². The molecule has 1 heterocycles. The van der Waals surface area contributed by atoms with Gasteiger partial charge in [-0.1, -0.05) is 44.2 Å². The molecular formula is C28H45F3N2O3. The predicted molar refractivity (Wildman–Crippen MR) is 136 cm³/mol. The summed E-state index contributed by atoms with van der Waals surface area (Å²) in [7, 11) is 3.64. The largest absolute Gasteiger partial charge is 0.573 e. The summed E-state index contributed by atoms with van der Waals surface area (Å²) < 4.78 is 48.1. The van der Waals surface area contributed by atoms with Crippen LogP contribution in [-0.2, 0) is 10.3 Å². The minimum absolute atomic E-state index is 0.0688. The van der Waals surface area contributed by atoms with Crippen molar-refractivity contribution in [2.45, 2.75) is 88.6 Å². The number of likely N-dealkylation sites (tertiary alicyclic amines) is 1. The molecule has 1 saturated carbocycles. The van der Waals surface area contributed by atoms with Crippen LogP contribution in [0.4, 0.5) is 13.2 Å². The van der Waals surface area contributed by atoms with Gasteiger partial charge in [-0.2, -0.15) is 0 Å². The predicted octanol–water partition coefficient (Wildman–Crippen LogP) is 5.86. The Morgan fingerprint density at radius 2 is 1.89 bits per heavy atom. The van der Waals surface area contributed by atoms with E-state index in [9.17, 15) is 18.3 Å². The number of methoxy groups -OCH3 is 1. The second-order valence-corrected chi connectivity index (χ2v) is 10.7. The maximum Gasteiger partial charge on any atom is 0.573 e. The minimum Gasteiger partial charge on any atom is -0.406 e. The summed E-state index contributed by atoms with van der Waals surface area (Å²) in [6, 6.07) is 6.35. The highest BCUT2D eigenvalue weighted by atomic mass is 19.4. The number of unbranched alkanes of at least 4 members (excludes halogenated alkanes) is 1. The summed E-state index contributed by atoms with van der Waals surface area (Å²) >= 11 is 0. The molecule has 1 saturated heterocycles. The number of hydrogen-bond donors (Lipinski definition) is 2. The van der Waals surface area contributed by atoms with E-state index in [1.165, 1.54) is 44.2 Å². The first-order valence-corrected chi connectivity index (χ1v) is 13.7. The van der Waals surface area contributed by atoms with Crippen LogP contribution >= 0.6 is 0 Å². The highest BCUT2D eigenvalue weighted by Gasteiger charge is 2.42. The highest BCUT2D eigenvalue weighted by Crippen LogP contribution is 2.42. The normalized spacial score (nSPS) is 22.8. The third-order valence-corrected chi connectivity index (χ3v) is 8.14. The molecule has 2 fully saturated rings. The average molecular weight is 515 g/mol. The number of rotatable bonds is 13. The van der Waals surface area contributed by atoms with Gasteiger partial charge in [-0.3, -0.25) is 4.90 Å². The third-order valence-electron chi connectivity index (χ3n) is 8.14. The Morgan fingerprint density at radius 1 is 1.11 bits per heavy atom. The van der Waals surface area contributed by atoms with Crippen molar-refractivity contribution in [3.05, 3.63) is 29.8 Å². The smallest absolute Gasteiger partial charge is 0.406 e. The van der Waals surface area contributed by atoms with Crippen LogP contribution in [0.2, 0.25) is 0 Å². The van der Waals surface area contributed by atoms with Crippen LogP contribution < -0.4 is 10.1 Å². The first-order chi connectivity index (χ1) is 17.2. The van der Waals surface area contributed by atoms with Crippen LogP contribution in [0.1, 0.15) is 76.2 Å². The van der Waals surface area contributed by atoms with Gasteiger partial charge in [0.05, 0.1) is 5.60 Å². The Morgan fingerprint density at radius 3 is 2.58 bits per heavy atom. The summed E-state index contributed by atoms with van der Waals surface area (Å²) in [4.78, 5) is 2.52. The van der Waals surface area contributed by atoms with Gasteiger partial charge >= 0.3 is 6.36 Å². The van der Waals surface area contributed by atoms with Crippen molar-refractivity contribution in [1.82, 2.24) is 10.2 Å². The zero-order valence-corrected chi connectivity index (χ0v) is 22.0. The van der Waals surface area contributed by atoms with Crippen LogP contribution in [0.15, 0.2) is 24.3 Å². The monoisotopic (exact) mass is 514 g/mol. The maximum atomic E-state index is 12.9. The molecule has 0 bridgehead atoms. The molecule has 0 spiro atoms. The molecule has 5 nitrogen and oxygen atoms in total. The Bertz CT molecular complexity index is 773. The molecule has 3 rings (SSSR count). The molecule has 0 amide bonds. The fourth-order valence-corrected chi connectivity index (χ4v) is 6.32. The lowest BCUT2D eigenvalue weighted by Gasteiger charge is -2.46. The molecule has 2 aliphatic rings. The summed E-state index contributed by atoms with van der Waals surface area (Å²) in [6.45, 7) is 3.23. The Labute approximate surface area is 214 Å². The van der Waals surface area contributed by atoms with E-state index in [4.69, 9.17) is 4.74 Å². The summed E-state index contributed by atoms with van der Waals surface area (Å²) in [5.41, 5.74) is -0.724. The first kappa shape index (κ1) is 29.2. The topological polar surface area (TPSA) is 54.0 Å². The molecule has 1 aliphatic heterocycles. The quantitative estimate of drug-likeness (QED) is 0.323. The van der Waals surface area contributed by atoms with Crippen molar-refractivity contribution >= 4 is 0 Å². The van der Waals surface area contributed by atoms with Gasteiger partial charge in [-0.15, -0.1) is 13.2 Å². The Balaban J connectivity index is 1.80. The number of ether oxygens (including phenoxy) is 2. The number of nitrogens with zero attached hydrogens (tertiary/aromatic N) is 1. The van der Waals surface area contributed by atoms with Gasteiger partial charge < -0.3 is 19.9 Å².